The van der Waals surface area contributed by atoms with Crippen LogP contribution in [0.25, 0.3) is 0 Å². The van der Waals surface area contributed by atoms with Gasteiger partial charge in [0.15, 0.2) is 0 Å². The van der Waals surface area contributed by atoms with Crippen LogP contribution < -0.4 is 0 Å². The van der Waals surface area contributed by atoms with E-state index in [1.54, 1.807) is 32.6 Å². The van der Waals surface area contributed by atoms with Crippen molar-refractivity contribution >= 4 is 12.1 Å². The van der Waals surface area contributed by atoms with Crippen LogP contribution in [0.4, 0.5) is 4.79 Å². The summed E-state index contributed by atoms with van der Waals surface area (Å²) in [6.45, 7) is 11.4. The van der Waals surface area contributed by atoms with Gasteiger partial charge in [0.1, 0.15) is 11.5 Å². The maximum absolute atomic E-state index is 12.5. The lowest BCUT2D eigenvalue weighted by Crippen LogP contribution is -2.54. The highest BCUT2D eigenvalue weighted by molar-refractivity contribution is 5.76. The number of nitrogens with zero attached hydrogens (tertiary/aromatic N) is 1. The van der Waals surface area contributed by atoms with Crippen molar-refractivity contribution < 1.29 is 24.2 Å². The number of amides is 1. The average Bonchev–Trinajstić information content (AvgIpc) is 2.46. The largest absolute Gasteiger partial charge is 0.466 e. The molecule has 23 heavy (non-hydrogen) atoms. The monoisotopic (exact) mass is 327 g/mol. The van der Waals surface area contributed by atoms with E-state index in [0.29, 0.717) is 13.0 Å². The Kier molecular flexibility index (Phi) is 7.06. The van der Waals surface area contributed by atoms with Crippen LogP contribution in [0.3, 0.4) is 0 Å². The fourth-order valence-corrected chi connectivity index (χ4v) is 2.79. The topological polar surface area (TPSA) is 76.1 Å². The Morgan fingerprint density at radius 3 is 2.57 bits per heavy atom. The van der Waals surface area contributed by atoms with Gasteiger partial charge in [0.25, 0.3) is 0 Å². The predicted molar refractivity (Wildman–Crippen MR) is 86.9 cm³/mol. The van der Waals surface area contributed by atoms with E-state index in [1.165, 1.54) is 6.08 Å². The van der Waals surface area contributed by atoms with Gasteiger partial charge in [0.05, 0.1) is 18.8 Å². The molecule has 0 aromatic heterocycles. The summed E-state index contributed by atoms with van der Waals surface area (Å²) >= 11 is 0. The summed E-state index contributed by atoms with van der Waals surface area (Å²) in [6, 6.07) is -0.453. The van der Waals surface area contributed by atoms with Gasteiger partial charge in [-0.3, -0.25) is 4.79 Å². The zero-order chi connectivity index (χ0) is 17.6. The molecule has 132 valence electrons. The van der Waals surface area contributed by atoms with Gasteiger partial charge in [-0.2, -0.15) is 0 Å². The highest BCUT2D eigenvalue weighted by atomic mass is 16.6. The summed E-state index contributed by atoms with van der Waals surface area (Å²) in [4.78, 5) is 26.3. The van der Waals surface area contributed by atoms with Gasteiger partial charge in [0, 0.05) is 6.54 Å². The minimum absolute atomic E-state index is 0.221. The number of hydrogen-bond acceptors (Lipinski definition) is 5. The van der Waals surface area contributed by atoms with E-state index in [0.717, 1.165) is 12.8 Å². The maximum Gasteiger partial charge on any atom is 0.410 e. The molecule has 1 fully saturated rings. The first-order valence-corrected chi connectivity index (χ1v) is 8.18. The van der Waals surface area contributed by atoms with Crippen molar-refractivity contribution in [1.82, 2.24) is 4.90 Å². The summed E-state index contributed by atoms with van der Waals surface area (Å²) < 4.78 is 10.5. The average molecular weight is 327 g/mol. The molecule has 1 heterocycles. The molecule has 0 spiro atoms. The van der Waals surface area contributed by atoms with Crippen molar-refractivity contribution in [1.29, 1.82) is 0 Å². The lowest BCUT2D eigenvalue weighted by Gasteiger charge is -2.40. The minimum Gasteiger partial charge on any atom is -0.466 e. The first-order valence-electron chi connectivity index (χ1n) is 8.18. The zero-order valence-corrected chi connectivity index (χ0v) is 14.6. The van der Waals surface area contributed by atoms with E-state index in [2.05, 4.69) is 6.58 Å². The molecule has 1 N–H and O–H groups in total. The molecule has 3 unspecified atom stereocenters. The predicted octanol–water partition coefficient (Wildman–Crippen LogP) is 2.50. The molecule has 0 radical (unpaired) electrons. The van der Waals surface area contributed by atoms with Crippen LogP contribution in [0.1, 0.15) is 47.0 Å². The number of ether oxygens (including phenoxy) is 2. The van der Waals surface area contributed by atoms with Gasteiger partial charge >= 0.3 is 12.1 Å². The Bertz CT molecular complexity index is 429. The summed E-state index contributed by atoms with van der Waals surface area (Å²) in [5, 5.41) is 10.2. The van der Waals surface area contributed by atoms with E-state index in [9.17, 15) is 14.7 Å². The number of rotatable bonds is 5. The van der Waals surface area contributed by atoms with Crippen LogP contribution in [0.15, 0.2) is 12.7 Å². The molecule has 6 nitrogen and oxygen atoms in total. The van der Waals surface area contributed by atoms with Crippen molar-refractivity contribution in [3.8, 4) is 0 Å². The number of aliphatic hydroxyl groups is 1. The van der Waals surface area contributed by atoms with Crippen molar-refractivity contribution in [3.05, 3.63) is 12.7 Å². The van der Waals surface area contributed by atoms with E-state index in [1.807, 2.05) is 0 Å². The number of aliphatic hydroxyl groups excluding tert-OH is 1. The molecule has 0 aromatic rings. The smallest absolute Gasteiger partial charge is 0.410 e. The zero-order valence-electron chi connectivity index (χ0n) is 14.6. The van der Waals surface area contributed by atoms with Crippen LogP contribution in [-0.2, 0) is 14.3 Å². The van der Waals surface area contributed by atoms with E-state index in [-0.39, 0.29) is 6.61 Å². The number of carbonyl (C=O) groups is 2. The van der Waals surface area contributed by atoms with Crippen molar-refractivity contribution in [2.45, 2.75) is 64.7 Å². The Balaban J connectivity index is 3.02. The molecular formula is C17H29NO5. The Morgan fingerprint density at radius 1 is 1.39 bits per heavy atom. The Hall–Kier alpha value is -1.56. The van der Waals surface area contributed by atoms with E-state index >= 15 is 0 Å². The van der Waals surface area contributed by atoms with Crippen molar-refractivity contribution in [2.24, 2.45) is 5.92 Å². The number of carbonyl (C=O) groups excluding carboxylic acids is 2. The fourth-order valence-electron chi connectivity index (χ4n) is 2.79. The maximum atomic E-state index is 12.5. The third-order valence-electron chi connectivity index (χ3n) is 3.76. The van der Waals surface area contributed by atoms with E-state index < -0.39 is 35.7 Å². The lowest BCUT2D eigenvalue weighted by molar-refractivity contribution is -0.154. The van der Waals surface area contributed by atoms with Gasteiger partial charge in [-0.25, -0.2) is 4.79 Å². The number of esters is 1. The Morgan fingerprint density at radius 2 is 2.04 bits per heavy atom. The molecule has 0 aromatic carbocycles. The molecule has 1 aliphatic rings. The van der Waals surface area contributed by atoms with Crippen LogP contribution in [0.5, 0.6) is 0 Å². The second kappa shape index (κ2) is 8.34. The fraction of sp³-hybridized carbons (Fsp3) is 0.765. The number of hydrogen-bond donors (Lipinski definition) is 1. The summed E-state index contributed by atoms with van der Waals surface area (Å²) in [7, 11) is 0. The van der Waals surface area contributed by atoms with Crippen LogP contribution in [0.2, 0.25) is 0 Å². The molecule has 0 bridgehead atoms. The molecular weight excluding hydrogens is 298 g/mol. The lowest BCUT2D eigenvalue weighted by atomic mass is 9.86. The molecule has 1 saturated heterocycles. The first-order chi connectivity index (χ1) is 10.7. The van der Waals surface area contributed by atoms with E-state index in [4.69, 9.17) is 9.47 Å². The van der Waals surface area contributed by atoms with Gasteiger partial charge in [-0.05, 0) is 47.0 Å². The number of likely N-dealkylation sites (tertiary alicyclic amines) is 1. The van der Waals surface area contributed by atoms with Crippen LogP contribution in [0, 0.1) is 5.92 Å². The highest BCUT2D eigenvalue weighted by Crippen LogP contribution is 2.28. The Labute approximate surface area is 138 Å². The van der Waals surface area contributed by atoms with Crippen molar-refractivity contribution in [2.75, 3.05) is 13.2 Å². The van der Waals surface area contributed by atoms with Crippen LogP contribution >= 0.6 is 0 Å². The summed E-state index contributed by atoms with van der Waals surface area (Å²) in [5.74, 6) is -1.36. The summed E-state index contributed by atoms with van der Waals surface area (Å²) in [6.07, 6.45) is 2.12. The molecule has 6 heteroatoms. The van der Waals surface area contributed by atoms with Gasteiger partial charge in [-0.1, -0.05) is 6.08 Å². The van der Waals surface area contributed by atoms with Gasteiger partial charge in [0.2, 0.25) is 0 Å². The third kappa shape index (κ3) is 5.53. The summed E-state index contributed by atoms with van der Waals surface area (Å²) in [5.41, 5.74) is -0.616. The molecule has 0 saturated carbocycles. The van der Waals surface area contributed by atoms with Crippen LogP contribution in [-0.4, -0.2) is 53.0 Å². The first kappa shape index (κ1) is 19.5. The third-order valence-corrected chi connectivity index (χ3v) is 3.76. The second-order valence-electron chi connectivity index (χ2n) is 6.74. The van der Waals surface area contributed by atoms with Gasteiger partial charge < -0.3 is 19.5 Å². The second-order valence-corrected chi connectivity index (χ2v) is 6.74. The normalized spacial score (nSPS) is 21.3. The minimum atomic E-state index is -1.07. The quantitative estimate of drug-likeness (QED) is 0.620. The van der Waals surface area contributed by atoms with Gasteiger partial charge in [-0.15, -0.1) is 6.58 Å². The SMILES string of the molecule is C=CC(O)C(C(=O)OCC)C1CCCCN1C(=O)OC(C)(C)C. The molecule has 1 aliphatic heterocycles. The van der Waals surface area contributed by atoms with Crippen molar-refractivity contribution in [3.63, 3.8) is 0 Å². The highest BCUT2D eigenvalue weighted by Gasteiger charge is 2.42. The standard InChI is InChI=1S/C17H29NO5/c1-6-13(19)14(15(20)22-7-2)12-10-8-9-11-18(12)16(21)23-17(3,4)5/h6,12-14,19H,1,7-11H2,2-5H3. The molecule has 3 atom stereocenters. The molecule has 1 amide bonds. The molecule has 0 aliphatic carbocycles. The number of piperidine rings is 1. The molecule has 1 rings (SSSR count).